The van der Waals surface area contributed by atoms with Crippen LogP contribution in [0.1, 0.15) is 10.8 Å². The van der Waals surface area contributed by atoms with Crippen LogP contribution in [0, 0.1) is 0 Å². The highest BCUT2D eigenvalue weighted by Crippen LogP contribution is 2.38. The van der Waals surface area contributed by atoms with Crippen molar-refractivity contribution in [3.63, 3.8) is 0 Å². The fourth-order valence-corrected chi connectivity index (χ4v) is 4.24. The van der Waals surface area contributed by atoms with Gasteiger partial charge in [0.1, 0.15) is 5.25 Å². The van der Waals surface area contributed by atoms with Gasteiger partial charge in [-0.05, 0) is 19.7 Å². The molecule has 1 aromatic rings. The molecule has 2 atom stereocenters. The Morgan fingerprint density at radius 3 is 2.27 bits per heavy atom. The van der Waals surface area contributed by atoms with Crippen LogP contribution in [0.15, 0.2) is 30.3 Å². The first kappa shape index (κ1) is 10.6. The second-order valence-electron chi connectivity index (χ2n) is 4.19. The number of nitrogens with zero attached hydrogens (tertiary/aromatic N) is 1. The van der Waals surface area contributed by atoms with E-state index in [-0.39, 0.29) is 17.0 Å². The molecule has 1 aliphatic rings. The van der Waals surface area contributed by atoms with Crippen LogP contribution in [0.25, 0.3) is 0 Å². The van der Waals surface area contributed by atoms with Crippen molar-refractivity contribution in [1.82, 2.24) is 4.90 Å². The van der Waals surface area contributed by atoms with E-state index in [0.29, 0.717) is 0 Å². The lowest BCUT2D eigenvalue weighted by atomic mass is 10.0. The predicted octanol–water partition coefficient (Wildman–Crippen LogP) is 1.09. The van der Waals surface area contributed by atoms with Crippen molar-refractivity contribution >= 4 is 9.84 Å². The molecule has 1 fully saturated rings. The number of hydrogen-bond donors (Lipinski definition) is 0. The summed E-state index contributed by atoms with van der Waals surface area (Å²) in [5, 5.41) is -0.339. The van der Waals surface area contributed by atoms with Crippen molar-refractivity contribution in [3.8, 4) is 0 Å². The SMILES string of the molecule is CN(C)[C@@H]1CS(=O)(=O)[C@H]1c1ccccc1. The molecule has 0 radical (unpaired) electrons. The third-order valence-electron chi connectivity index (χ3n) is 2.93. The maximum atomic E-state index is 11.7. The van der Waals surface area contributed by atoms with E-state index in [2.05, 4.69) is 0 Å². The van der Waals surface area contributed by atoms with Gasteiger partial charge in [-0.1, -0.05) is 30.3 Å². The van der Waals surface area contributed by atoms with Crippen molar-refractivity contribution in [1.29, 1.82) is 0 Å². The van der Waals surface area contributed by atoms with Crippen LogP contribution in [0.2, 0.25) is 0 Å². The average Bonchev–Trinajstić information content (AvgIpc) is 2.16. The van der Waals surface area contributed by atoms with Gasteiger partial charge in [-0.15, -0.1) is 0 Å². The fourth-order valence-electron chi connectivity index (χ4n) is 2.04. The standard InChI is InChI=1S/C11H15NO2S/c1-12(2)10-8-15(13,14)11(10)9-6-4-3-5-7-9/h3-7,10-11H,8H2,1-2H3/t10-,11+/m1/s1. The van der Waals surface area contributed by atoms with Crippen LogP contribution in [0.4, 0.5) is 0 Å². The van der Waals surface area contributed by atoms with Crippen LogP contribution in [-0.4, -0.2) is 39.2 Å². The monoisotopic (exact) mass is 225 g/mol. The van der Waals surface area contributed by atoms with Gasteiger partial charge in [0.05, 0.1) is 5.75 Å². The Balaban J connectivity index is 2.34. The predicted molar refractivity (Wildman–Crippen MR) is 60.4 cm³/mol. The molecule has 1 aromatic carbocycles. The third-order valence-corrected chi connectivity index (χ3v) is 5.10. The first-order valence-corrected chi connectivity index (χ1v) is 6.67. The number of likely N-dealkylation sites (N-methyl/N-ethyl adjacent to an activating group) is 1. The molecule has 2 rings (SSSR count). The van der Waals surface area contributed by atoms with Gasteiger partial charge in [0.2, 0.25) is 0 Å². The largest absolute Gasteiger partial charge is 0.304 e. The Bertz CT molecular complexity index is 439. The Kier molecular flexibility index (Phi) is 2.56. The Morgan fingerprint density at radius 1 is 1.20 bits per heavy atom. The summed E-state index contributed by atoms with van der Waals surface area (Å²) in [6.07, 6.45) is 0. The topological polar surface area (TPSA) is 37.4 Å². The molecule has 82 valence electrons. The van der Waals surface area contributed by atoms with Gasteiger partial charge >= 0.3 is 0 Å². The van der Waals surface area contributed by atoms with Crippen molar-refractivity contribution < 1.29 is 8.42 Å². The van der Waals surface area contributed by atoms with Gasteiger partial charge in [-0.3, -0.25) is 0 Å². The summed E-state index contributed by atoms with van der Waals surface area (Å²) >= 11 is 0. The molecule has 0 amide bonds. The normalized spacial score (nSPS) is 28.7. The van der Waals surface area contributed by atoms with E-state index in [1.54, 1.807) is 0 Å². The van der Waals surface area contributed by atoms with Crippen molar-refractivity contribution in [3.05, 3.63) is 35.9 Å². The molecule has 0 spiro atoms. The van der Waals surface area contributed by atoms with E-state index < -0.39 is 9.84 Å². The molecule has 0 saturated carbocycles. The Morgan fingerprint density at radius 2 is 1.80 bits per heavy atom. The third kappa shape index (κ3) is 1.79. The first-order valence-electron chi connectivity index (χ1n) is 4.95. The van der Waals surface area contributed by atoms with Gasteiger partial charge in [0.15, 0.2) is 9.84 Å². The summed E-state index contributed by atoms with van der Waals surface area (Å²) in [5.41, 5.74) is 0.905. The number of sulfone groups is 1. The second-order valence-corrected chi connectivity index (χ2v) is 6.36. The zero-order valence-electron chi connectivity index (χ0n) is 8.92. The molecule has 1 aliphatic heterocycles. The zero-order chi connectivity index (χ0) is 11.1. The average molecular weight is 225 g/mol. The van der Waals surface area contributed by atoms with Crippen LogP contribution >= 0.6 is 0 Å². The summed E-state index contributed by atoms with van der Waals surface area (Å²) in [6.45, 7) is 0. The molecule has 4 heteroatoms. The van der Waals surface area contributed by atoms with Crippen LogP contribution in [0.5, 0.6) is 0 Å². The van der Waals surface area contributed by atoms with Crippen LogP contribution in [-0.2, 0) is 9.84 Å². The molecule has 0 bridgehead atoms. The van der Waals surface area contributed by atoms with Crippen molar-refractivity contribution in [2.24, 2.45) is 0 Å². The molecule has 3 nitrogen and oxygen atoms in total. The van der Waals surface area contributed by atoms with Gasteiger partial charge in [0.25, 0.3) is 0 Å². The lowest BCUT2D eigenvalue weighted by Gasteiger charge is -2.40. The van der Waals surface area contributed by atoms with Gasteiger partial charge in [0, 0.05) is 6.04 Å². The summed E-state index contributed by atoms with van der Waals surface area (Å²) in [5.74, 6) is 0.277. The molecule has 0 aliphatic carbocycles. The molecule has 1 saturated heterocycles. The minimum absolute atomic E-state index is 0.123. The van der Waals surface area contributed by atoms with Gasteiger partial charge < -0.3 is 4.90 Å². The van der Waals surface area contributed by atoms with E-state index >= 15 is 0 Å². The summed E-state index contributed by atoms with van der Waals surface area (Å²) in [6, 6.07) is 9.57. The second kappa shape index (κ2) is 3.61. The molecule has 0 N–H and O–H groups in total. The van der Waals surface area contributed by atoms with Gasteiger partial charge in [-0.25, -0.2) is 8.42 Å². The number of rotatable bonds is 2. The maximum absolute atomic E-state index is 11.7. The van der Waals surface area contributed by atoms with Crippen molar-refractivity contribution in [2.45, 2.75) is 11.3 Å². The van der Waals surface area contributed by atoms with Crippen LogP contribution in [0.3, 0.4) is 0 Å². The summed E-state index contributed by atoms with van der Waals surface area (Å²) in [4.78, 5) is 1.98. The summed E-state index contributed by atoms with van der Waals surface area (Å²) < 4.78 is 23.4. The van der Waals surface area contributed by atoms with E-state index in [4.69, 9.17) is 0 Å². The zero-order valence-corrected chi connectivity index (χ0v) is 9.74. The van der Waals surface area contributed by atoms with E-state index in [0.717, 1.165) is 5.56 Å². The molecule has 0 aromatic heterocycles. The van der Waals surface area contributed by atoms with E-state index in [1.807, 2.05) is 49.3 Å². The minimum atomic E-state index is -2.91. The highest BCUT2D eigenvalue weighted by Gasteiger charge is 2.47. The molecule has 0 unspecified atom stereocenters. The molecular formula is C11H15NO2S. The lowest BCUT2D eigenvalue weighted by molar-refractivity contribution is 0.280. The number of benzene rings is 1. The Hall–Kier alpha value is -0.870. The first-order chi connectivity index (χ1) is 7.02. The lowest BCUT2D eigenvalue weighted by Crippen LogP contribution is -2.52. The minimum Gasteiger partial charge on any atom is -0.304 e. The molecule has 15 heavy (non-hydrogen) atoms. The maximum Gasteiger partial charge on any atom is 0.160 e. The van der Waals surface area contributed by atoms with E-state index in [1.165, 1.54) is 0 Å². The highest BCUT2D eigenvalue weighted by atomic mass is 32.2. The molecular weight excluding hydrogens is 210 g/mol. The van der Waals surface area contributed by atoms with E-state index in [9.17, 15) is 8.42 Å². The van der Waals surface area contributed by atoms with Crippen molar-refractivity contribution in [2.75, 3.05) is 19.8 Å². The number of hydrogen-bond acceptors (Lipinski definition) is 3. The van der Waals surface area contributed by atoms with Gasteiger partial charge in [-0.2, -0.15) is 0 Å². The fraction of sp³-hybridized carbons (Fsp3) is 0.455. The quantitative estimate of drug-likeness (QED) is 0.756. The smallest absolute Gasteiger partial charge is 0.160 e. The van der Waals surface area contributed by atoms with Crippen LogP contribution < -0.4 is 0 Å². The highest BCUT2D eigenvalue weighted by molar-refractivity contribution is 7.93. The Labute approximate surface area is 90.6 Å². The summed E-state index contributed by atoms with van der Waals surface area (Å²) in [7, 11) is 0.941. The molecule has 1 heterocycles.